The Labute approximate surface area is 115 Å². The van der Waals surface area contributed by atoms with Gasteiger partial charge in [-0.1, -0.05) is 25.5 Å². The molecule has 0 spiro atoms. The molecule has 0 N–H and O–H groups in total. The van der Waals surface area contributed by atoms with Crippen molar-refractivity contribution in [2.24, 2.45) is 0 Å². The van der Waals surface area contributed by atoms with E-state index in [0.29, 0.717) is 23.9 Å². The number of benzene rings is 1. The topological polar surface area (TPSA) is 29.5 Å². The molecule has 104 valence electrons. The highest BCUT2D eigenvalue weighted by Crippen LogP contribution is 2.22. The molecule has 0 aliphatic carbocycles. The second-order valence-corrected chi connectivity index (χ2v) is 5.15. The van der Waals surface area contributed by atoms with E-state index < -0.39 is 0 Å². The summed E-state index contributed by atoms with van der Waals surface area (Å²) in [6, 6.07) is 8.05. The molecule has 1 aliphatic heterocycles. The standard InChI is InChI=1S/C16H23NO2/c1-3-13-8-6-7-11-17(13)12-15(18)14-9-4-5-10-16(14)19-2/h4-5,9-10,13H,3,6-8,11-12H2,1-2H3. The molecule has 1 aromatic carbocycles. The molecular weight excluding hydrogens is 238 g/mol. The lowest BCUT2D eigenvalue weighted by atomic mass is 9.99. The summed E-state index contributed by atoms with van der Waals surface area (Å²) in [5.41, 5.74) is 0.699. The number of nitrogens with zero attached hydrogens (tertiary/aromatic N) is 1. The summed E-state index contributed by atoms with van der Waals surface area (Å²) in [6.45, 7) is 3.76. The molecule has 1 unspecified atom stereocenters. The Kier molecular flexibility index (Phi) is 4.97. The van der Waals surface area contributed by atoms with Crippen LogP contribution in [-0.2, 0) is 0 Å². The number of ether oxygens (including phenoxy) is 1. The summed E-state index contributed by atoms with van der Waals surface area (Å²) in [5, 5.41) is 0. The number of rotatable bonds is 5. The van der Waals surface area contributed by atoms with Gasteiger partial charge in [-0.3, -0.25) is 9.69 Å². The van der Waals surface area contributed by atoms with Crippen LogP contribution in [0.3, 0.4) is 0 Å². The van der Waals surface area contributed by atoms with Gasteiger partial charge in [0.05, 0.1) is 19.2 Å². The first kappa shape index (κ1) is 14.1. The minimum absolute atomic E-state index is 0.165. The first-order valence-corrected chi connectivity index (χ1v) is 7.16. The van der Waals surface area contributed by atoms with Crippen LogP contribution in [0.5, 0.6) is 5.75 Å². The van der Waals surface area contributed by atoms with Gasteiger partial charge < -0.3 is 4.74 Å². The number of para-hydroxylation sites is 1. The number of ketones is 1. The normalized spacial score (nSPS) is 20.2. The molecule has 0 aromatic heterocycles. The van der Waals surface area contributed by atoms with E-state index in [4.69, 9.17) is 4.74 Å². The van der Waals surface area contributed by atoms with Crippen molar-refractivity contribution in [2.75, 3.05) is 20.2 Å². The van der Waals surface area contributed by atoms with Crippen LogP contribution < -0.4 is 4.74 Å². The highest BCUT2D eigenvalue weighted by molar-refractivity contribution is 6.00. The maximum atomic E-state index is 12.4. The van der Waals surface area contributed by atoms with Crippen molar-refractivity contribution in [1.82, 2.24) is 4.90 Å². The Morgan fingerprint density at radius 3 is 2.89 bits per heavy atom. The van der Waals surface area contributed by atoms with E-state index in [1.54, 1.807) is 7.11 Å². The smallest absolute Gasteiger partial charge is 0.180 e. The number of carbonyl (C=O) groups is 1. The second-order valence-electron chi connectivity index (χ2n) is 5.15. The third-order valence-electron chi connectivity index (χ3n) is 3.97. The fourth-order valence-corrected chi connectivity index (χ4v) is 2.88. The number of hydrogen-bond donors (Lipinski definition) is 0. The Morgan fingerprint density at radius 2 is 2.16 bits per heavy atom. The van der Waals surface area contributed by atoms with Crippen LogP contribution in [-0.4, -0.2) is 36.9 Å². The summed E-state index contributed by atoms with van der Waals surface area (Å²) < 4.78 is 5.27. The molecule has 3 nitrogen and oxygen atoms in total. The fourth-order valence-electron chi connectivity index (χ4n) is 2.88. The zero-order valence-electron chi connectivity index (χ0n) is 11.9. The number of methoxy groups -OCH3 is 1. The van der Waals surface area contributed by atoms with Crippen LogP contribution in [0, 0.1) is 0 Å². The fraction of sp³-hybridized carbons (Fsp3) is 0.562. The minimum atomic E-state index is 0.165. The number of Topliss-reactive ketones (excluding diaryl/α,β-unsaturated/α-hetero) is 1. The second kappa shape index (κ2) is 6.71. The molecule has 1 aliphatic rings. The average molecular weight is 261 g/mol. The molecule has 2 rings (SSSR count). The summed E-state index contributed by atoms with van der Waals surface area (Å²) in [4.78, 5) is 14.8. The van der Waals surface area contributed by atoms with Crippen molar-refractivity contribution < 1.29 is 9.53 Å². The van der Waals surface area contributed by atoms with E-state index in [1.165, 1.54) is 19.3 Å². The van der Waals surface area contributed by atoms with Crippen LogP contribution in [0.4, 0.5) is 0 Å². The number of likely N-dealkylation sites (tertiary alicyclic amines) is 1. The van der Waals surface area contributed by atoms with Crippen LogP contribution >= 0.6 is 0 Å². The van der Waals surface area contributed by atoms with Gasteiger partial charge in [-0.05, 0) is 37.9 Å². The van der Waals surface area contributed by atoms with Gasteiger partial charge in [0, 0.05) is 6.04 Å². The van der Waals surface area contributed by atoms with Gasteiger partial charge in [0.25, 0.3) is 0 Å². The molecule has 0 radical (unpaired) electrons. The molecule has 3 heteroatoms. The largest absolute Gasteiger partial charge is 0.496 e. The van der Waals surface area contributed by atoms with E-state index in [0.717, 1.165) is 13.0 Å². The van der Waals surface area contributed by atoms with Gasteiger partial charge in [-0.2, -0.15) is 0 Å². The van der Waals surface area contributed by atoms with Crippen molar-refractivity contribution in [3.05, 3.63) is 29.8 Å². The minimum Gasteiger partial charge on any atom is -0.496 e. The van der Waals surface area contributed by atoms with Gasteiger partial charge >= 0.3 is 0 Å². The molecule has 1 fully saturated rings. The molecule has 0 saturated carbocycles. The molecule has 0 amide bonds. The van der Waals surface area contributed by atoms with Gasteiger partial charge in [0.1, 0.15) is 5.75 Å². The summed E-state index contributed by atoms with van der Waals surface area (Å²) >= 11 is 0. The summed E-state index contributed by atoms with van der Waals surface area (Å²) in [7, 11) is 1.61. The zero-order chi connectivity index (χ0) is 13.7. The van der Waals surface area contributed by atoms with Gasteiger partial charge in [0.2, 0.25) is 0 Å². The van der Waals surface area contributed by atoms with Crippen LogP contribution in [0.1, 0.15) is 43.0 Å². The number of carbonyl (C=O) groups excluding carboxylic acids is 1. The van der Waals surface area contributed by atoms with Crippen LogP contribution in [0.25, 0.3) is 0 Å². The van der Waals surface area contributed by atoms with Crippen molar-refractivity contribution in [2.45, 2.75) is 38.6 Å². The third kappa shape index (κ3) is 3.35. The Hall–Kier alpha value is -1.35. The Bertz CT molecular complexity index is 431. The highest BCUT2D eigenvalue weighted by atomic mass is 16.5. The number of hydrogen-bond acceptors (Lipinski definition) is 3. The first-order valence-electron chi connectivity index (χ1n) is 7.16. The average Bonchev–Trinajstić information content (AvgIpc) is 2.47. The molecule has 0 bridgehead atoms. The predicted molar refractivity (Wildman–Crippen MR) is 76.8 cm³/mol. The SMILES string of the molecule is CCC1CCCCN1CC(=O)c1ccccc1OC. The van der Waals surface area contributed by atoms with Gasteiger partial charge in [-0.15, -0.1) is 0 Å². The van der Waals surface area contributed by atoms with Gasteiger partial charge in [-0.25, -0.2) is 0 Å². The molecular formula is C16H23NO2. The maximum Gasteiger partial charge on any atom is 0.180 e. The van der Waals surface area contributed by atoms with E-state index in [9.17, 15) is 4.79 Å². The Morgan fingerprint density at radius 1 is 1.37 bits per heavy atom. The number of piperidine rings is 1. The van der Waals surface area contributed by atoms with Crippen molar-refractivity contribution in [3.8, 4) is 5.75 Å². The molecule has 1 heterocycles. The van der Waals surface area contributed by atoms with Crippen LogP contribution in [0.15, 0.2) is 24.3 Å². The van der Waals surface area contributed by atoms with E-state index in [1.807, 2.05) is 24.3 Å². The van der Waals surface area contributed by atoms with E-state index in [-0.39, 0.29) is 5.78 Å². The quantitative estimate of drug-likeness (QED) is 0.763. The van der Waals surface area contributed by atoms with Crippen LogP contribution in [0.2, 0.25) is 0 Å². The maximum absolute atomic E-state index is 12.4. The third-order valence-corrected chi connectivity index (χ3v) is 3.97. The lowest BCUT2D eigenvalue weighted by Crippen LogP contribution is -2.42. The predicted octanol–water partition coefficient (Wildman–Crippen LogP) is 3.14. The molecule has 1 atom stereocenters. The lowest BCUT2D eigenvalue weighted by molar-refractivity contribution is 0.0835. The lowest BCUT2D eigenvalue weighted by Gasteiger charge is -2.34. The highest BCUT2D eigenvalue weighted by Gasteiger charge is 2.24. The van der Waals surface area contributed by atoms with E-state index in [2.05, 4.69) is 11.8 Å². The molecule has 19 heavy (non-hydrogen) atoms. The monoisotopic (exact) mass is 261 g/mol. The van der Waals surface area contributed by atoms with Gasteiger partial charge in [0.15, 0.2) is 5.78 Å². The zero-order valence-corrected chi connectivity index (χ0v) is 11.9. The van der Waals surface area contributed by atoms with Crippen molar-refractivity contribution in [3.63, 3.8) is 0 Å². The first-order chi connectivity index (χ1) is 9.26. The Balaban J connectivity index is 2.07. The summed E-state index contributed by atoms with van der Waals surface area (Å²) in [6.07, 6.45) is 4.84. The summed E-state index contributed by atoms with van der Waals surface area (Å²) in [5.74, 6) is 0.843. The van der Waals surface area contributed by atoms with Crippen molar-refractivity contribution >= 4 is 5.78 Å². The van der Waals surface area contributed by atoms with Crippen molar-refractivity contribution in [1.29, 1.82) is 0 Å². The molecule has 1 aromatic rings. The molecule has 1 saturated heterocycles. The van der Waals surface area contributed by atoms with E-state index >= 15 is 0 Å².